The van der Waals surface area contributed by atoms with Crippen LogP contribution in [0.3, 0.4) is 0 Å². The molecule has 0 spiro atoms. The number of ether oxygens (including phenoxy) is 1. The van der Waals surface area contributed by atoms with Crippen molar-refractivity contribution in [3.63, 3.8) is 0 Å². The summed E-state index contributed by atoms with van der Waals surface area (Å²) in [4.78, 5) is 21.0. The molecule has 3 aromatic rings. The highest BCUT2D eigenvalue weighted by atomic mass is 16.5. The topological polar surface area (TPSA) is 71.7 Å². The molecule has 7 heteroatoms. The van der Waals surface area contributed by atoms with Crippen LogP contribution in [0.1, 0.15) is 37.6 Å². The Bertz CT molecular complexity index is 1030. The van der Waals surface area contributed by atoms with Crippen molar-refractivity contribution in [3.8, 4) is 17.2 Å². The van der Waals surface area contributed by atoms with Gasteiger partial charge in [0.25, 0.3) is 5.89 Å². The maximum Gasteiger partial charge on any atom is 0.257 e. The van der Waals surface area contributed by atoms with Crippen molar-refractivity contribution < 1.29 is 14.1 Å². The number of anilines is 1. The maximum atomic E-state index is 12.6. The monoisotopic (exact) mass is 420 g/mol. The van der Waals surface area contributed by atoms with E-state index in [0.29, 0.717) is 31.2 Å². The first-order valence-electron chi connectivity index (χ1n) is 10.5. The molecule has 0 bridgehead atoms. The van der Waals surface area contributed by atoms with Gasteiger partial charge in [0, 0.05) is 50.8 Å². The Balaban J connectivity index is 1.40. The third kappa shape index (κ3) is 4.87. The summed E-state index contributed by atoms with van der Waals surface area (Å²) in [6, 6.07) is 15.8. The fourth-order valence-corrected chi connectivity index (χ4v) is 3.68. The number of nitrogens with zero attached hydrogens (tertiary/aromatic N) is 4. The van der Waals surface area contributed by atoms with Gasteiger partial charge in [-0.25, -0.2) is 0 Å². The SMILES string of the molecule is CC(C)Oc1ccc(CN2CC(c3noc(-c4ccc(N(C)C)cc4)n3)CC2=O)cc1. The van der Waals surface area contributed by atoms with E-state index < -0.39 is 0 Å². The minimum atomic E-state index is -0.0606. The van der Waals surface area contributed by atoms with Gasteiger partial charge >= 0.3 is 0 Å². The molecule has 2 heterocycles. The Hall–Kier alpha value is -3.35. The Morgan fingerprint density at radius 1 is 1.13 bits per heavy atom. The molecule has 1 saturated heterocycles. The molecular formula is C24H28N4O3. The van der Waals surface area contributed by atoms with Crippen LogP contribution in [0.25, 0.3) is 11.5 Å². The number of hydrogen-bond donors (Lipinski definition) is 0. The fourth-order valence-electron chi connectivity index (χ4n) is 3.68. The van der Waals surface area contributed by atoms with Crippen molar-refractivity contribution in [3.05, 3.63) is 59.9 Å². The van der Waals surface area contributed by atoms with E-state index in [0.717, 1.165) is 22.6 Å². The van der Waals surface area contributed by atoms with Gasteiger partial charge < -0.3 is 19.1 Å². The van der Waals surface area contributed by atoms with Crippen LogP contribution in [0.4, 0.5) is 5.69 Å². The predicted octanol–water partition coefficient (Wildman–Crippen LogP) is 4.11. The minimum absolute atomic E-state index is 0.0606. The van der Waals surface area contributed by atoms with Crippen LogP contribution in [0, 0.1) is 0 Å². The molecule has 2 aromatic carbocycles. The number of amides is 1. The lowest BCUT2D eigenvalue weighted by molar-refractivity contribution is -0.128. The summed E-state index contributed by atoms with van der Waals surface area (Å²) in [7, 11) is 3.99. The maximum absolute atomic E-state index is 12.6. The standard InChI is InChI=1S/C24H28N4O3/c1-16(2)30-21-11-5-17(6-12-21)14-28-15-19(13-22(28)29)23-25-24(31-26-23)18-7-9-20(10-8-18)27(3)4/h5-12,16,19H,13-15H2,1-4H3. The Kier molecular flexibility index (Phi) is 5.93. The summed E-state index contributed by atoms with van der Waals surface area (Å²) >= 11 is 0. The van der Waals surface area contributed by atoms with Crippen molar-refractivity contribution in [2.24, 2.45) is 0 Å². The largest absolute Gasteiger partial charge is 0.491 e. The molecule has 0 aliphatic carbocycles. The summed E-state index contributed by atoms with van der Waals surface area (Å²) in [6.07, 6.45) is 0.533. The van der Waals surface area contributed by atoms with Crippen molar-refractivity contribution in [1.82, 2.24) is 15.0 Å². The molecule has 7 nitrogen and oxygen atoms in total. The first-order chi connectivity index (χ1) is 14.9. The molecule has 0 N–H and O–H groups in total. The van der Waals surface area contributed by atoms with Gasteiger partial charge in [0.1, 0.15) is 5.75 Å². The van der Waals surface area contributed by atoms with Crippen LogP contribution in [0.15, 0.2) is 53.1 Å². The van der Waals surface area contributed by atoms with E-state index in [4.69, 9.17) is 9.26 Å². The first kappa shape index (κ1) is 20.9. The number of likely N-dealkylation sites (tertiary alicyclic amines) is 1. The van der Waals surface area contributed by atoms with Crippen LogP contribution >= 0.6 is 0 Å². The molecule has 1 atom stereocenters. The lowest BCUT2D eigenvalue weighted by Gasteiger charge is -2.17. The predicted molar refractivity (Wildman–Crippen MR) is 119 cm³/mol. The van der Waals surface area contributed by atoms with E-state index in [1.54, 1.807) is 0 Å². The zero-order valence-corrected chi connectivity index (χ0v) is 18.4. The number of benzene rings is 2. The van der Waals surface area contributed by atoms with Crippen LogP contribution in [-0.4, -0.2) is 47.7 Å². The Morgan fingerprint density at radius 3 is 2.48 bits per heavy atom. The minimum Gasteiger partial charge on any atom is -0.491 e. The summed E-state index contributed by atoms with van der Waals surface area (Å²) in [5, 5.41) is 4.16. The second-order valence-corrected chi connectivity index (χ2v) is 8.38. The van der Waals surface area contributed by atoms with Gasteiger partial charge in [-0.15, -0.1) is 0 Å². The third-order valence-corrected chi connectivity index (χ3v) is 5.32. The van der Waals surface area contributed by atoms with E-state index >= 15 is 0 Å². The van der Waals surface area contributed by atoms with Crippen molar-refractivity contribution >= 4 is 11.6 Å². The zero-order chi connectivity index (χ0) is 22.0. The van der Waals surface area contributed by atoms with Crippen molar-refractivity contribution in [1.29, 1.82) is 0 Å². The highest BCUT2D eigenvalue weighted by Crippen LogP contribution is 2.30. The second kappa shape index (κ2) is 8.79. The number of hydrogen-bond acceptors (Lipinski definition) is 6. The molecule has 1 aliphatic heterocycles. The van der Waals surface area contributed by atoms with Crippen LogP contribution in [0.2, 0.25) is 0 Å². The van der Waals surface area contributed by atoms with Gasteiger partial charge in [0.15, 0.2) is 5.82 Å². The average molecular weight is 421 g/mol. The molecule has 1 amide bonds. The normalized spacial score (nSPS) is 16.2. The Labute approximate surface area is 182 Å². The van der Waals surface area contributed by atoms with E-state index in [2.05, 4.69) is 10.1 Å². The fraction of sp³-hybridized carbons (Fsp3) is 0.375. The number of aromatic nitrogens is 2. The summed E-state index contributed by atoms with van der Waals surface area (Å²) in [6.45, 7) is 5.15. The van der Waals surface area contributed by atoms with E-state index in [1.807, 2.05) is 86.3 Å². The molecular weight excluding hydrogens is 392 g/mol. The van der Waals surface area contributed by atoms with E-state index in [1.165, 1.54) is 0 Å². The van der Waals surface area contributed by atoms with Crippen LogP contribution in [0.5, 0.6) is 5.75 Å². The molecule has 1 fully saturated rings. The quantitative estimate of drug-likeness (QED) is 0.573. The molecule has 162 valence electrons. The molecule has 4 rings (SSSR count). The van der Waals surface area contributed by atoms with Crippen LogP contribution < -0.4 is 9.64 Å². The van der Waals surface area contributed by atoms with Gasteiger partial charge in [0.2, 0.25) is 5.91 Å². The first-order valence-corrected chi connectivity index (χ1v) is 10.5. The van der Waals surface area contributed by atoms with Gasteiger partial charge in [-0.3, -0.25) is 4.79 Å². The molecule has 0 saturated carbocycles. The molecule has 0 radical (unpaired) electrons. The van der Waals surface area contributed by atoms with Crippen LogP contribution in [-0.2, 0) is 11.3 Å². The molecule has 31 heavy (non-hydrogen) atoms. The number of carbonyl (C=O) groups excluding carboxylic acids is 1. The third-order valence-electron chi connectivity index (χ3n) is 5.32. The highest BCUT2D eigenvalue weighted by molar-refractivity contribution is 5.79. The van der Waals surface area contributed by atoms with Crippen molar-refractivity contribution in [2.45, 2.75) is 38.8 Å². The van der Waals surface area contributed by atoms with Gasteiger partial charge in [-0.05, 0) is 55.8 Å². The highest BCUT2D eigenvalue weighted by Gasteiger charge is 2.33. The van der Waals surface area contributed by atoms with Gasteiger partial charge in [-0.1, -0.05) is 17.3 Å². The van der Waals surface area contributed by atoms with E-state index in [9.17, 15) is 4.79 Å². The summed E-state index contributed by atoms with van der Waals surface area (Å²) in [5.41, 5.74) is 3.04. The van der Waals surface area contributed by atoms with E-state index in [-0.39, 0.29) is 17.9 Å². The Morgan fingerprint density at radius 2 is 1.84 bits per heavy atom. The number of carbonyl (C=O) groups is 1. The van der Waals surface area contributed by atoms with Crippen molar-refractivity contribution in [2.75, 3.05) is 25.5 Å². The molecule has 1 aliphatic rings. The summed E-state index contributed by atoms with van der Waals surface area (Å²) in [5.74, 6) is 1.95. The smallest absolute Gasteiger partial charge is 0.257 e. The average Bonchev–Trinajstić information content (AvgIpc) is 3.36. The lowest BCUT2D eigenvalue weighted by atomic mass is 10.1. The molecule has 1 unspecified atom stereocenters. The number of rotatable bonds is 7. The second-order valence-electron chi connectivity index (χ2n) is 8.38. The molecule has 1 aromatic heterocycles. The van der Waals surface area contributed by atoms with Gasteiger partial charge in [0.05, 0.1) is 6.10 Å². The van der Waals surface area contributed by atoms with Gasteiger partial charge in [-0.2, -0.15) is 4.98 Å². The summed E-state index contributed by atoms with van der Waals surface area (Å²) < 4.78 is 11.2. The lowest BCUT2D eigenvalue weighted by Crippen LogP contribution is -2.24. The zero-order valence-electron chi connectivity index (χ0n) is 18.4.